The monoisotopic (exact) mass is 212 g/mol. The van der Waals surface area contributed by atoms with Gasteiger partial charge >= 0.3 is 5.97 Å². The Morgan fingerprint density at radius 3 is 2.07 bits per heavy atom. The van der Waals surface area contributed by atoms with Gasteiger partial charge in [0.25, 0.3) is 0 Å². The minimum atomic E-state index is -0.226. The molecule has 1 rings (SSSR count). The molecule has 1 fully saturated rings. The van der Waals surface area contributed by atoms with E-state index in [0.29, 0.717) is 5.41 Å². The molecule has 0 aromatic heterocycles. The molecule has 0 saturated heterocycles. The van der Waals surface area contributed by atoms with Crippen LogP contribution in [0.15, 0.2) is 0 Å². The van der Waals surface area contributed by atoms with Crippen molar-refractivity contribution in [1.82, 2.24) is 0 Å². The second-order valence-corrected chi connectivity index (χ2v) is 6.19. The van der Waals surface area contributed by atoms with Gasteiger partial charge in [-0.3, -0.25) is 4.79 Å². The maximum atomic E-state index is 11.6. The van der Waals surface area contributed by atoms with Crippen molar-refractivity contribution < 1.29 is 9.53 Å². The third kappa shape index (κ3) is 2.73. The molecule has 0 heterocycles. The van der Waals surface area contributed by atoms with Crippen LogP contribution in [0.3, 0.4) is 0 Å². The number of ether oxygens (including phenoxy) is 1. The lowest BCUT2D eigenvalue weighted by atomic mass is 9.65. The Morgan fingerprint density at radius 2 is 1.73 bits per heavy atom. The minimum absolute atomic E-state index is 0.0325. The second kappa shape index (κ2) is 4.15. The third-order valence-corrected chi connectivity index (χ3v) is 3.99. The van der Waals surface area contributed by atoms with Crippen molar-refractivity contribution in [3.8, 4) is 0 Å². The Labute approximate surface area is 93.4 Å². The van der Waals surface area contributed by atoms with Crippen molar-refractivity contribution in [2.24, 2.45) is 16.7 Å². The summed E-state index contributed by atoms with van der Waals surface area (Å²) in [6, 6.07) is 0. The zero-order valence-electron chi connectivity index (χ0n) is 10.7. The molecule has 1 saturated carbocycles. The number of carbonyl (C=O) groups is 1. The largest absolute Gasteiger partial charge is 0.469 e. The van der Waals surface area contributed by atoms with E-state index in [-0.39, 0.29) is 11.4 Å². The first kappa shape index (κ1) is 12.5. The molecule has 0 spiro atoms. The summed E-state index contributed by atoms with van der Waals surface area (Å²) in [5, 5.41) is 0. The molecule has 1 aliphatic carbocycles. The lowest BCUT2D eigenvalue weighted by molar-refractivity contribution is -0.154. The SMILES string of the molecule is COC(=O)C1(C)CCC(C(C)(C)C)CC1. The number of esters is 1. The molecule has 0 unspecified atom stereocenters. The van der Waals surface area contributed by atoms with Crippen LogP contribution in [0.4, 0.5) is 0 Å². The first-order valence-electron chi connectivity index (χ1n) is 5.88. The van der Waals surface area contributed by atoms with Gasteiger partial charge in [-0.15, -0.1) is 0 Å². The highest BCUT2D eigenvalue weighted by atomic mass is 16.5. The predicted octanol–water partition coefficient (Wildman–Crippen LogP) is 3.40. The van der Waals surface area contributed by atoms with E-state index in [1.54, 1.807) is 0 Å². The summed E-state index contributed by atoms with van der Waals surface area (Å²) < 4.78 is 4.87. The molecule has 0 bridgehead atoms. The predicted molar refractivity (Wildman–Crippen MR) is 61.5 cm³/mol. The van der Waals surface area contributed by atoms with Gasteiger partial charge in [0.15, 0.2) is 0 Å². The molecule has 0 aromatic carbocycles. The average Bonchev–Trinajstić information content (AvgIpc) is 2.15. The number of carbonyl (C=O) groups excluding carboxylic acids is 1. The summed E-state index contributed by atoms with van der Waals surface area (Å²) in [7, 11) is 1.49. The van der Waals surface area contributed by atoms with Gasteiger partial charge in [0.1, 0.15) is 0 Å². The van der Waals surface area contributed by atoms with Crippen molar-refractivity contribution in [2.75, 3.05) is 7.11 Å². The van der Waals surface area contributed by atoms with Crippen LogP contribution in [0.25, 0.3) is 0 Å². The quantitative estimate of drug-likeness (QED) is 0.623. The molecular formula is C13H24O2. The molecule has 15 heavy (non-hydrogen) atoms. The van der Waals surface area contributed by atoms with E-state index in [1.807, 2.05) is 6.92 Å². The van der Waals surface area contributed by atoms with E-state index >= 15 is 0 Å². The van der Waals surface area contributed by atoms with Crippen LogP contribution < -0.4 is 0 Å². The highest BCUT2D eigenvalue weighted by Gasteiger charge is 2.40. The Morgan fingerprint density at radius 1 is 1.27 bits per heavy atom. The van der Waals surface area contributed by atoms with Crippen LogP contribution in [0.1, 0.15) is 53.4 Å². The fourth-order valence-corrected chi connectivity index (χ4v) is 2.57. The van der Waals surface area contributed by atoms with Gasteiger partial charge in [0.05, 0.1) is 12.5 Å². The van der Waals surface area contributed by atoms with Gasteiger partial charge in [-0.05, 0) is 43.9 Å². The van der Waals surface area contributed by atoms with Gasteiger partial charge in [-0.1, -0.05) is 20.8 Å². The van der Waals surface area contributed by atoms with Crippen LogP contribution >= 0.6 is 0 Å². The molecule has 88 valence electrons. The zero-order chi connectivity index (χ0) is 11.7. The summed E-state index contributed by atoms with van der Waals surface area (Å²) in [6.07, 6.45) is 4.24. The van der Waals surface area contributed by atoms with Crippen molar-refractivity contribution >= 4 is 5.97 Å². The standard InChI is InChI=1S/C13H24O2/c1-12(2,3)10-6-8-13(4,9-7-10)11(14)15-5/h10H,6-9H2,1-5H3. The maximum Gasteiger partial charge on any atom is 0.311 e. The van der Waals surface area contributed by atoms with Gasteiger partial charge in [-0.2, -0.15) is 0 Å². The molecule has 2 heteroatoms. The third-order valence-electron chi connectivity index (χ3n) is 3.99. The summed E-state index contributed by atoms with van der Waals surface area (Å²) in [6.45, 7) is 8.91. The number of methoxy groups -OCH3 is 1. The Bertz CT molecular complexity index is 229. The van der Waals surface area contributed by atoms with Crippen LogP contribution in [0.5, 0.6) is 0 Å². The lowest BCUT2D eigenvalue weighted by Gasteiger charge is -2.40. The van der Waals surface area contributed by atoms with E-state index in [4.69, 9.17) is 4.74 Å². The molecular weight excluding hydrogens is 188 g/mol. The van der Waals surface area contributed by atoms with E-state index in [9.17, 15) is 4.79 Å². The number of hydrogen-bond donors (Lipinski definition) is 0. The zero-order valence-corrected chi connectivity index (χ0v) is 10.7. The van der Waals surface area contributed by atoms with Crippen LogP contribution in [0, 0.1) is 16.7 Å². The Balaban J connectivity index is 2.59. The molecule has 0 radical (unpaired) electrons. The van der Waals surface area contributed by atoms with E-state index in [0.717, 1.165) is 31.6 Å². The van der Waals surface area contributed by atoms with Crippen molar-refractivity contribution in [3.63, 3.8) is 0 Å². The molecule has 0 N–H and O–H groups in total. The summed E-state index contributed by atoms with van der Waals surface area (Å²) in [4.78, 5) is 11.6. The molecule has 1 aliphatic rings. The van der Waals surface area contributed by atoms with Crippen molar-refractivity contribution in [3.05, 3.63) is 0 Å². The minimum Gasteiger partial charge on any atom is -0.469 e. The normalized spacial score (nSPS) is 32.5. The van der Waals surface area contributed by atoms with Gasteiger partial charge in [-0.25, -0.2) is 0 Å². The topological polar surface area (TPSA) is 26.3 Å². The molecule has 0 atom stereocenters. The highest BCUT2D eigenvalue weighted by molar-refractivity contribution is 5.76. The van der Waals surface area contributed by atoms with Gasteiger partial charge in [0.2, 0.25) is 0 Å². The van der Waals surface area contributed by atoms with E-state index in [2.05, 4.69) is 20.8 Å². The average molecular weight is 212 g/mol. The summed E-state index contributed by atoms with van der Waals surface area (Å²) in [5.74, 6) is 0.713. The molecule has 2 nitrogen and oxygen atoms in total. The van der Waals surface area contributed by atoms with Crippen molar-refractivity contribution in [1.29, 1.82) is 0 Å². The molecule has 0 aliphatic heterocycles. The van der Waals surface area contributed by atoms with E-state index in [1.165, 1.54) is 7.11 Å². The van der Waals surface area contributed by atoms with Crippen LogP contribution in [0.2, 0.25) is 0 Å². The smallest absolute Gasteiger partial charge is 0.311 e. The fraction of sp³-hybridized carbons (Fsp3) is 0.923. The number of hydrogen-bond acceptors (Lipinski definition) is 2. The second-order valence-electron chi connectivity index (χ2n) is 6.19. The van der Waals surface area contributed by atoms with Crippen molar-refractivity contribution in [2.45, 2.75) is 53.4 Å². The first-order chi connectivity index (χ1) is 6.79. The Hall–Kier alpha value is -0.530. The van der Waals surface area contributed by atoms with Gasteiger partial charge < -0.3 is 4.74 Å². The number of rotatable bonds is 1. The fourth-order valence-electron chi connectivity index (χ4n) is 2.57. The molecule has 0 amide bonds. The van der Waals surface area contributed by atoms with Crippen LogP contribution in [-0.2, 0) is 9.53 Å². The first-order valence-corrected chi connectivity index (χ1v) is 5.88. The lowest BCUT2D eigenvalue weighted by Crippen LogP contribution is -2.36. The maximum absolute atomic E-state index is 11.6. The highest BCUT2D eigenvalue weighted by Crippen LogP contribution is 2.45. The van der Waals surface area contributed by atoms with Gasteiger partial charge in [0, 0.05) is 0 Å². The summed E-state index contributed by atoms with van der Waals surface area (Å²) >= 11 is 0. The molecule has 0 aromatic rings. The van der Waals surface area contributed by atoms with E-state index < -0.39 is 0 Å². The Kier molecular flexibility index (Phi) is 3.47. The van der Waals surface area contributed by atoms with Crippen LogP contribution in [-0.4, -0.2) is 13.1 Å². The summed E-state index contributed by atoms with van der Waals surface area (Å²) in [5.41, 5.74) is 0.147.